The highest BCUT2D eigenvalue weighted by Crippen LogP contribution is 2.28. The first-order chi connectivity index (χ1) is 14.3. The molecule has 0 fully saturated rings. The fourth-order valence-electron chi connectivity index (χ4n) is 2.27. The van der Waals surface area contributed by atoms with Crippen molar-refractivity contribution < 1.29 is 19.1 Å². The number of carbonyl (C=O) groups excluding carboxylic acids is 2. The van der Waals surface area contributed by atoms with Crippen molar-refractivity contribution in [3.8, 4) is 5.75 Å². The summed E-state index contributed by atoms with van der Waals surface area (Å²) in [5.41, 5.74) is 1.05. The number of hydrogen-bond acceptors (Lipinski definition) is 5. The molecule has 6 nitrogen and oxygen atoms in total. The van der Waals surface area contributed by atoms with Crippen molar-refractivity contribution in [1.82, 2.24) is 5.32 Å². The summed E-state index contributed by atoms with van der Waals surface area (Å²) in [5, 5.41) is 6.29. The number of ether oxygens (including phenoxy) is 2. The Labute approximate surface area is 190 Å². The van der Waals surface area contributed by atoms with E-state index in [-0.39, 0.29) is 11.1 Å². The Balaban J connectivity index is 1.85. The lowest BCUT2D eigenvalue weighted by Gasteiger charge is -2.16. The van der Waals surface area contributed by atoms with Gasteiger partial charge in [0.1, 0.15) is 5.75 Å². The van der Waals surface area contributed by atoms with Crippen molar-refractivity contribution in [2.75, 3.05) is 11.9 Å². The summed E-state index contributed by atoms with van der Waals surface area (Å²) < 4.78 is 10.7. The van der Waals surface area contributed by atoms with Crippen LogP contribution in [0.5, 0.6) is 5.75 Å². The van der Waals surface area contributed by atoms with Gasteiger partial charge < -0.3 is 14.8 Å². The maximum atomic E-state index is 12.3. The van der Waals surface area contributed by atoms with Gasteiger partial charge in [-0.15, -0.1) is 0 Å². The second-order valence-corrected chi connectivity index (χ2v) is 7.60. The topological polar surface area (TPSA) is 76.7 Å². The Morgan fingerprint density at radius 2 is 1.83 bits per heavy atom. The Bertz CT molecular complexity index is 906. The van der Waals surface area contributed by atoms with Crippen LogP contribution >= 0.6 is 35.4 Å². The molecule has 0 aliphatic heterocycles. The van der Waals surface area contributed by atoms with Crippen molar-refractivity contribution in [2.24, 2.45) is 0 Å². The summed E-state index contributed by atoms with van der Waals surface area (Å²) in [7, 11) is 0. The molecule has 160 valence electrons. The highest BCUT2D eigenvalue weighted by atomic mass is 35.5. The molecule has 0 spiro atoms. The Morgan fingerprint density at radius 3 is 2.47 bits per heavy atom. The molecule has 0 saturated heterocycles. The first-order valence-corrected chi connectivity index (χ1v) is 10.5. The van der Waals surface area contributed by atoms with Crippen LogP contribution in [0.2, 0.25) is 10.0 Å². The van der Waals surface area contributed by atoms with E-state index in [0.717, 1.165) is 12.8 Å². The molecule has 1 unspecified atom stereocenters. The predicted molar refractivity (Wildman–Crippen MR) is 123 cm³/mol. The van der Waals surface area contributed by atoms with E-state index in [4.69, 9.17) is 44.9 Å². The molecular formula is C21H22Cl2N2O4S. The van der Waals surface area contributed by atoms with Gasteiger partial charge in [0.05, 0.1) is 17.2 Å². The first-order valence-electron chi connectivity index (χ1n) is 9.31. The summed E-state index contributed by atoms with van der Waals surface area (Å²) in [4.78, 5) is 24.2. The molecule has 1 amide bonds. The third-order valence-electron chi connectivity index (χ3n) is 3.91. The number of thiocarbonyl (C=S) groups is 1. The molecule has 2 rings (SSSR count). The highest BCUT2D eigenvalue weighted by molar-refractivity contribution is 7.80. The van der Waals surface area contributed by atoms with Crippen LogP contribution in [0.25, 0.3) is 0 Å². The Morgan fingerprint density at radius 1 is 1.13 bits per heavy atom. The average molecular weight is 469 g/mol. The molecule has 0 aromatic heterocycles. The molecular weight excluding hydrogens is 447 g/mol. The van der Waals surface area contributed by atoms with E-state index in [1.807, 2.05) is 6.92 Å². The normalized spacial score (nSPS) is 11.3. The van der Waals surface area contributed by atoms with Gasteiger partial charge in [-0.25, -0.2) is 4.79 Å². The van der Waals surface area contributed by atoms with Gasteiger partial charge in [0, 0.05) is 10.7 Å². The molecule has 2 aromatic rings. The summed E-state index contributed by atoms with van der Waals surface area (Å²) in [6.07, 6.45) is 0.935. The van der Waals surface area contributed by atoms with Crippen LogP contribution in [0, 0.1) is 0 Å². The molecule has 0 aliphatic rings. The summed E-state index contributed by atoms with van der Waals surface area (Å²) >= 11 is 17.1. The lowest BCUT2D eigenvalue weighted by Crippen LogP contribution is -2.42. The second kappa shape index (κ2) is 11.7. The average Bonchev–Trinajstić information content (AvgIpc) is 2.70. The molecule has 2 aromatic carbocycles. The van der Waals surface area contributed by atoms with Crippen molar-refractivity contribution in [2.45, 2.75) is 32.8 Å². The molecule has 2 N–H and O–H groups in total. The molecule has 9 heteroatoms. The highest BCUT2D eigenvalue weighted by Gasteiger charge is 2.17. The molecule has 0 saturated carbocycles. The minimum Gasteiger partial charge on any atom is -0.479 e. The number of unbranched alkanes of at least 4 members (excludes halogenated alkanes) is 1. The van der Waals surface area contributed by atoms with Gasteiger partial charge in [-0.05, 0) is 68.0 Å². The Kier molecular flexibility index (Phi) is 9.36. The number of hydrogen-bond donors (Lipinski definition) is 2. The summed E-state index contributed by atoms with van der Waals surface area (Å²) in [5.74, 6) is -0.489. The summed E-state index contributed by atoms with van der Waals surface area (Å²) in [6.45, 7) is 3.99. The smallest absolute Gasteiger partial charge is 0.338 e. The van der Waals surface area contributed by atoms with Crippen LogP contribution in [0.4, 0.5) is 5.69 Å². The van der Waals surface area contributed by atoms with Crippen LogP contribution in [-0.4, -0.2) is 29.7 Å². The predicted octanol–water partition coefficient (Wildman–Crippen LogP) is 5.23. The number of benzene rings is 2. The first kappa shape index (κ1) is 23.9. The standard InChI is InChI=1S/C21H22Cl2N2O4S/c1-3-4-11-28-20(27)14-5-8-16(9-6-14)24-21(30)25-19(26)13(2)29-18-10-7-15(22)12-17(18)23/h5-10,12-13H,3-4,11H2,1-2H3,(H2,24,25,26,30). The minimum atomic E-state index is -0.844. The largest absolute Gasteiger partial charge is 0.479 e. The molecule has 0 aliphatic carbocycles. The lowest BCUT2D eigenvalue weighted by atomic mass is 10.2. The maximum Gasteiger partial charge on any atom is 0.338 e. The van der Waals surface area contributed by atoms with Crippen LogP contribution in [0.3, 0.4) is 0 Å². The van der Waals surface area contributed by atoms with Gasteiger partial charge in [-0.1, -0.05) is 36.5 Å². The minimum absolute atomic E-state index is 0.0934. The zero-order chi connectivity index (χ0) is 22.1. The van der Waals surface area contributed by atoms with Crippen molar-refractivity contribution in [1.29, 1.82) is 0 Å². The van der Waals surface area contributed by atoms with Crippen LogP contribution in [0.15, 0.2) is 42.5 Å². The number of amides is 1. The SMILES string of the molecule is CCCCOC(=O)c1ccc(NC(=S)NC(=O)C(C)Oc2ccc(Cl)cc2Cl)cc1. The van der Waals surface area contributed by atoms with E-state index in [1.54, 1.807) is 43.3 Å². The summed E-state index contributed by atoms with van der Waals surface area (Å²) in [6, 6.07) is 11.3. The van der Waals surface area contributed by atoms with Gasteiger partial charge in [-0.3, -0.25) is 10.1 Å². The van der Waals surface area contributed by atoms with Gasteiger partial charge in [0.25, 0.3) is 5.91 Å². The fourth-order valence-corrected chi connectivity index (χ4v) is 2.94. The van der Waals surface area contributed by atoms with Gasteiger partial charge in [0.15, 0.2) is 11.2 Å². The molecule has 0 radical (unpaired) electrons. The van der Waals surface area contributed by atoms with Gasteiger partial charge in [-0.2, -0.15) is 0 Å². The van der Waals surface area contributed by atoms with Crippen molar-refractivity contribution in [3.05, 3.63) is 58.1 Å². The maximum absolute atomic E-state index is 12.3. The van der Waals surface area contributed by atoms with Crippen LogP contribution in [0.1, 0.15) is 37.0 Å². The zero-order valence-electron chi connectivity index (χ0n) is 16.5. The van der Waals surface area contributed by atoms with Crippen LogP contribution < -0.4 is 15.4 Å². The Hall–Kier alpha value is -2.35. The van der Waals surface area contributed by atoms with E-state index in [1.165, 1.54) is 6.07 Å². The molecule has 30 heavy (non-hydrogen) atoms. The van der Waals surface area contributed by atoms with Crippen LogP contribution in [-0.2, 0) is 9.53 Å². The van der Waals surface area contributed by atoms with Crippen molar-refractivity contribution in [3.63, 3.8) is 0 Å². The third kappa shape index (κ3) is 7.48. The fraction of sp³-hybridized carbons (Fsp3) is 0.286. The van der Waals surface area contributed by atoms with E-state index in [0.29, 0.717) is 33.7 Å². The van der Waals surface area contributed by atoms with E-state index >= 15 is 0 Å². The number of nitrogens with one attached hydrogen (secondary N) is 2. The zero-order valence-corrected chi connectivity index (χ0v) is 18.9. The number of halogens is 2. The number of rotatable bonds is 8. The second-order valence-electron chi connectivity index (χ2n) is 6.35. The van der Waals surface area contributed by atoms with E-state index in [9.17, 15) is 9.59 Å². The number of anilines is 1. The lowest BCUT2D eigenvalue weighted by molar-refractivity contribution is -0.125. The van der Waals surface area contributed by atoms with E-state index in [2.05, 4.69) is 10.6 Å². The van der Waals surface area contributed by atoms with Crippen molar-refractivity contribution >= 4 is 58.1 Å². The third-order valence-corrected chi connectivity index (χ3v) is 4.65. The van der Waals surface area contributed by atoms with E-state index < -0.39 is 12.0 Å². The monoisotopic (exact) mass is 468 g/mol. The molecule has 1 atom stereocenters. The van der Waals surface area contributed by atoms with Gasteiger partial charge in [0.2, 0.25) is 0 Å². The number of carbonyl (C=O) groups is 2. The van der Waals surface area contributed by atoms with Gasteiger partial charge >= 0.3 is 5.97 Å². The molecule has 0 heterocycles. The molecule has 0 bridgehead atoms. The quantitative estimate of drug-likeness (QED) is 0.313. The number of esters is 1.